The number of allylic oxidation sites excluding steroid dienone is 2. The first-order chi connectivity index (χ1) is 15.0. The van der Waals surface area contributed by atoms with E-state index in [1.54, 1.807) is 13.1 Å². The number of hydrogen-bond donors (Lipinski definition) is 1. The van der Waals surface area contributed by atoms with E-state index < -0.39 is 11.9 Å². The zero-order valence-corrected chi connectivity index (χ0v) is 18.3. The zero-order chi connectivity index (χ0) is 22.3. The number of nitrogens with zero attached hydrogens (tertiary/aromatic N) is 2. The fourth-order valence-electron chi connectivity index (χ4n) is 4.15. The second-order valence-corrected chi connectivity index (χ2v) is 7.60. The number of nitrogens with one attached hydrogen (secondary N) is 1. The minimum absolute atomic E-state index is 0.241. The second-order valence-electron chi connectivity index (χ2n) is 7.60. The third-order valence-corrected chi connectivity index (χ3v) is 5.47. The molecule has 162 valence electrons. The number of ether oxygens (including phenoxy) is 1. The second kappa shape index (κ2) is 10.1. The van der Waals surface area contributed by atoms with Crippen LogP contribution in [0.5, 0.6) is 0 Å². The van der Waals surface area contributed by atoms with Crippen LogP contribution in [0.25, 0.3) is 0 Å². The molecule has 0 fully saturated rings. The Morgan fingerprint density at radius 2 is 1.81 bits per heavy atom. The van der Waals surface area contributed by atoms with E-state index in [2.05, 4.69) is 77.8 Å². The molecule has 1 N–H and O–H groups in total. The third kappa shape index (κ3) is 5.02. The van der Waals surface area contributed by atoms with Crippen LogP contribution in [0.2, 0.25) is 0 Å². The minimum Gasteiger partial charge on any atom is -0.466 e. The molecule has 1 unspecified atom stereocenters. The summed E-state index contributed by atoms with van der Waals surface area (Å²) in [5.41, 5.74) is 6.98. The highest BCUT2D eigenvalue weighted by molar-refractivity contribution is 5.94. The standard InChI is InChI=1S/C25H29N3O3/c1-4-28-21-14-10-9-13-20(21)25(3,18-19-11-7-6-8-12-19)22(28)15-16-26-27-23(29)17-24(30)31-5-2/h6-16H,4-5,17-18H2,1-3H3,(H,27,29)/b22-15-,26-16+. The molecule has 0 saturated carbocycles. The van der Waals surface area contributed by atoms with Gasteiger partial charge in [-0.25, -0.2) is 5.43 Å². The van der Waals surface area contributed by atoms with Crippen LogP contribution in [0, 0.1) is 0 Å². The van der Waals surface area contributed by atoms with Gasteiger partial charge in [0.05, 0.1) is 6.61 Å². The maximum Gasteiger partial charge on any atom is 0.315 e. The number of amides is 1. The van der Waals surface area contributed by atoms with Gasteiger partial charge in [-0.3, -0.25) is 9.59 Å². The number of hydrazone groups is 1. The highest BCUT2D eigenvalue weighted by atomic mass is 16.5. The van der Waals surface area contributed by atoms with Crippen LogP contribution in [-0.2, 0) is 26.2 Å². The molecule has 6 nitrogen and oxygen atoms in total. The molecule has 0 aliphatic carbocycles. The van der Waals surface area contributed by atoms with Crippen LogP contribution < -0.4 is 10.3 Å². The van der Waals surface area contributed by atoms with E-state index in [4.69, 9.17) is 4.74 Å². The average molecular weight is 420 g/mol. The summed E-state index contributed by atoms with van der Waals surface area (Å²) in [5.74, 6) is -1.06. The van der Waals surface area contributed by atoms with Gasteiger partial charge >= 0.3 is 5.97 Å². The maximum atomic E-state index is 11.8. The van der Waals surface area contributed by atoms with Crippen molar-refractivity contribution in [1.29, 1.82) is 0 Å². The number of carbonyl (C=O) groups excluding carboxylic acids is 2. The Hall–Kier alpha value is -3.41. The number of rotatable bonds is 8. The lowest BCUT2D eigenvalue weighted by Gasteiger charge is -2.30. The highest BCUT2D eigenvalue weighted by Gasteiger charge is 2.42. The summed E-state index contributed by atoms with van der Waals surface area (Å²) < 4.78 is 4.78. The molecule has 1 amide bonds. The van der Waals surface area contributed by atoms with E-state index in [0.717, 1.165) is 18.7 Å². The molecule has 0 radical (unpaired) electrons. The monoisotopic (exact) mass is 419 g/mol. The molecule has 1 aliphatic heterocycles. The molecule has 1 aliphatic rings. The lowest BCUT2D eigenvalue weighted by atomic mass is 9.76. The molecule has 0 saturated heterocycles. The first kappa shape index (κ1) is 22.3. The Morgan fingerprint density at radius 3 is 2.52 bits per heavy atom. The smallest absolute Gasteiger partial charge is 0.315 e. The van der Waals surface area contributed by atoms with E-state index in [9.17, 15) is 9.59 Å². The molecule has 0 spiro atoms. The number of para-hydroxylation sites is 1. The van der Waals surface area contributed by atoms with Gasteiger partial charge in [0.25, 0.3) is 5.91 Å². The molecular weight excluding hydrogens is 390 g/mol. The van der Waals surface area contributed by atoms with Crippen LogP contribution in [0.4, 0.5) is 5.69 Å². The van der Waals surface area contributed by atoms with Crippen molar-refractivity contribution in [3.63, 3.8) is 0 Å². The SMILES string of the molecule is CCOC(=O)CC(=O)N/N=C/C=C1\N(CC)c2ccccc2C1(C)Cc1ccccc1. The van der Waals surface area contributed by atoms with Gasteiger partial charge in [-0.1, -0.05) is 48.5 Å². The highest BCUT2D eigenvalue weighted by Crippen LogP contribution is 2.49. The number of hydrogen-bond acceptors (Lipinski definition) is 5. The predicted molar refractivity (Wildman–Crippen MR) is 123 cm³/mol. The van der Waals surface area contributed by atoms with Crippen LogP contribution in [0.1, 0.15) is 38.3 Å². The first-order valence-corrected chi connectivity index (χ1v) is 10.6. The minimum atomic E-state index is -0.563. The van der Waals surface area contributed by atoms with Crippen molar-refractivity contribution in [2.75, 3.05) is 18.1 Å². The number of anilines is 1. The van der Waals surface area contributed by atoms with Crippen molar-refractivity contribution in [1.82, 2.24) is 5.43 Å². The van der Waals surface area contributed by atoms with Crippen molar-refractivity contribution in [2.24, 2.45) is 5.10 Å². The van der Waals surface area contributed by atoms with Gasteiger partial charge in [-0.2, -0.15) is 5.10 Å². The summed E-state index contributed by atoms with van der Waals surface area (Å²) in [5, 5.41) is 4.02. The number of fused-ring (bicyclic) bond motifs is 1. The van der Waals surface area contributed by atoms with Gasteiger partial charge in [0.2, 0.25) is 0 Å². The Morgan fingerprint density at radius 1 is 1.10 bits per heavy atom. The van der Waals surface area contributed by atoms with Crippen molar-refractivity contribution < 1.29 is 14.3 Å². The number of benzene rings is 2. The summed E-state index contributed by atoms with van der Waals surface area (Å²) in [6.45, 7) is 7.13. The van der Waals surface area contributed by atoms with Gasteiger partial charge in [0.1, 0.15) is 6.42 Å². The van der Waals surface area contributed by atoms with E-state index in [0.29, 0.717) is 0 Å². The number of esters is 1. The Bertz CT molecular complexity index is 985. The maximum absolute atomic E-state index is 11.8. The molecule has 1 atom stereocenters. The predicted octanol–water partition coefficient (Wildman–Crippen LogP) is 3.97. The van der Waals surface area contributed by atoms with E-state index >= 15 is 0 Å². The summed E-state index contributed by atoms with van der Waals surface area (Å²) in [7, 11) is 0. The molecule has 3 rings (SSSR count). The third-order valence-electron chi connectivity index (χ3n) is 5.47. The molecule has 0 aromatic heterocycles. The van der Waals surface area contributed by atoms with Crippen LogP contribution in [0.3, 0.4) is 0 Å². The summed E-state index contributed by atoms with van der Waals surface area (Å²) >= 11 is 0. The molecular formula is C25H29N3O3. The zero-order valence-electron chi connectivity index (χ0n) is 18.3. The Labute approximate surface area is 183 Å². The van der Waals surface area contributed by atoms with Gasteiger partial charge < -0.3 is 9.64 Å². The van der Waals surface area contributed by atoms with Gasteiger partial charge in [-0.15, -0.1) is 0 Å². The van der Waals surface area contributed by atoms with Crippen molar-refractivity contribution in [3.8, 4) is 0 Å². The largest absolute Gasteiger partial charge is 0.466 e. The summed E-state index contributed by atoms with van der Waals surface area (Å²) in [6, 6.07) is 18.9. The molecule has 2 aromatic carbocycles. The van der Waals surface area contributed by atoms with Gasteiger partial charge in [0.15, 0.2) is 0 Å². The topological polar surface area (TPSA) is 71.0 Å². The molecule has 2 aromatic rings. The van der Waals surface area contributed by atoms with Crippen molar-refractivity contribution in [2.45, 2.75) is 39.0 Å². The van der Waals surface area contributed by atoms with Crippen molar-refractivity contribution in [3.05, 3.63) is 77.5 Å². The lowest BCUT2D eigenvalue weighted by molar-refractivity contribution is -0.145. The quantitative estimate of drug-likeness (QED) is 0.304. The van der Waals surface area contributed by atoms with Crippen LogP contribution in [0.15, 0.2) is 71.5 Å². The van der Waals surface area contributed by atoms with E-state index in [-0.39, 0.29) is 18.4 Å². The lowest BCUT2D eigenvalue weighted by Crippen LogP contribution is -2.31. The van der Waals surface area contributed by atoms with Crippen molar-refractivity contribution >= 4 is 23.8 Å². The molecule has 1 heterocycles. The average Bonchev–Trinajstić information content (AvgIpc) is 2.99. The van der Waals surface area contributed by atoms with Crippen LogP contribution >= 0.6 is 0 Å². The molecule has 31 heavy (non-hydrogen) atoms. The van der Waals surface area contributed by atoms with E-state index in [1.165, 1.54) is 16.8 Å². The number of likely N-dealkylation sites (N-methyl/N-ethyl adjacent to an activating group) is 1. The van der Waals surface area contributed by atoms with Gasteiger partial charge in [0, 0.05) is 29.6 Å². The Kier molecular flexibility index (Phi) is 7.23. The van der Waals surface area contributed by atoms with Crippen LogP contribution in [-0.4, -0.2) is 31.2 Å². The molecule has 0 bridgehead atoms. The number of carbonyl (C=O) groups is 2. The normalized spacial score (nSPS) is 18.9. The Balaban J connectivity index is 1.85. The first-order valence-electron chi connectivity index (χ1n) is 10.6. The summed E-state index contributed by atoms with van der Waals surface area (Å²) in [6.07, 6.45) is 4.02. The summed E-state index contributed by atoms with van der Waals surface area (Å²) in [4.78, 5) is 25.5. The molecule has 6 heteroatoms. The fourth-order valence-corrected chi connectivity index (χ4v) is 4.15. The van der Waals surface area contributed by atoms with Gasteiger partial charge in [-0.05, 0) is 50.5 Å². The fraction of sp³-hybridized carbons (Fsp3) is 0.320. The van der Waals surface area contributed by atoms with E-state index in [1.807, 2.05) is 12.1 Å².